The molecule has 3 aliphatic heterocycles. The highest BCUT2D eigenvalue weighted by molar-refractivity contribution is 5.97. The molecule has 42 heavy (non-hydrogen) atoms. The number of aryl methyl sites for hydroxylation is 2. The number of likely N-dealkylation sites (N-methyl/N-ethyl adjacent to an activating group) is 1. The third-order valence-electron chi connectivity index (χ3n) is 7.93. The molecule has 1 aromatic carbocycles. The zero-order valence-electron chi connectivity index (χ0n) is 23.5. The van der Waals surface area contributed by atoms with E-state index in [4.69, 9.17) is 23.9 Å². The van der Waals surface area contributed by atoms with Gasteiger partial charge >= 0.3 is 29.7 Å². The Balaban J connectivity index is 1.73. The van der Waals surface area contributed by atoms with Gasteiger partial charge in [-0.1, -0.05) is 29.8 Å². The number of ether oxygens (including phenoxy) is 4. The number of aromatic nitrogens is 1. The van der Waals surface area contributed by atoms with Gasteiger partial charge in [0.15, 0.2) is 17.7 Å². The lowest BCUT2D eigenvalue weighted by Crippen LogP contribution is -2.51. The summed E-state index contributed by atoms with van der Waals surface area (Å²) in [6.07, 6.45) is 4.55. The third-order valence-corrected chi connectivity index (χ3v) is 7.93. The van der Waals surface area contributed by atoms with Gasteiger partial charge in [-0.2, -0.15) is 0 Å². The van der Waals surface area contributed by atoms with Crippen molar-refractivity contribution in [3.63, 3.8) is 0 Å². The molecule has 2 atom stereocenters. The third kappa shape index (κ3) is 5.16. The van der Waals surface area contributed by atoms with Gasteiger partial charge in [0.2, 0.25) is 0 Å². The van der Waals surface area contributed by atoms with Crippen molar-refractivity contribution in [3.05, 3.63) is 65.4 Å². The van der Waals surface area contributed by atoms with Crippen LogP contribution in [-0.4, -0.2) is 73.1 Å². The van der Waals surface area contributed by atoms with E-state index in [1.807, 2.05) is 38.2 Å². The summed E-state index contributed by atoms with van der Waals surface area (Å²) in [5, 5.41) is 0. The first-order valence-electron chi connectivity index (χ1n) is 14.1. The van der Waals surface area contributed by atoms with Crippen LogP contribution in [0.4, 0.5) is 5.82 Å². The van der Waals surface area contributed by atoms with Crippen LogP contribution < -0.4 is 9.64 Å². The highest BCUT2D eigenvalue weighted by atomic mass is 16.8. The van der Waals surface area contributed by atoms with Crippen LogP contribution in [0.1, 0.15) is 36.1 Å². The topological polar surface area (TPSA) is 125 Å². The maximum atomic E-state index is 13.2. The molecule has 1 aromatic heterocycles. The van der Waals surface area contributed by atoms with Gasteiger partial charge in [0.25, 0.3) is 0 Å². The second-order valence-corrected chi connectivity index (χ2v) is 10.9. The molecular weight excluding hydrogens is 542 g/mol. The standard InChI is InChI=1S/C31H31N3O8/c1-19-7-9-20(10-8-19)27-28-21-5-3-4-6-22-31(28,41-25(37)13-11-23(35)39-22)42-26(38)14-12-24(36)40-29(27)30(32-21)34-17-15-33(2)16-18-34/h7-14,22H,3-6,15-18H2,1-2H3/b13-11-,14-12-. The molecule has 1 spiro atoms. The Bertz CT molecular complexity index is 1510. The Hall–Kier alpha value is -4.51. The second-order valence-electron chi connectivity index (χ2n) is 10.9. The number of benzene rings is 1. The van der Waals surface area contributed by atoms with Crippen molar-refractivity contribution in [2.45, 2.75) is 44.5 Å². The zero-order valence-corrected chi connectivity index (χ0v) is 23.5. The van der Waals surface area contributed by atoms with Crippen LogP contribution in [0.2, 0.25) is 0 Å². The Labute approximate surface area is 242 Å². The summed E-state index contributed by atoms with van der Waals surface area (Å²) < 4.78 is 23.9. The maximum absolute atomic E-state index is 13.2. The van der Waals surface area contributed by atoms with Gasteiger partial charge in [-0.05, 0) is 45.2 Å². The monoisotopic (exact) mass is 573 g/mol. The van der Waals surface area contributed by atoms with E-state index in [0.29, 0.717) is 55.0 Å². The molecule has 1 aliphatic carbocycles. The molecule has 4 heterocycles. The maximum Gasteiger partial charge on any atom is 0.336 e. The lowest BCUT2D eigenvalue weighted by atomic mass is 9.83. The van der Waals surface area contributed by atoms with Gasteiger partial charge in [-0.3, -0.25) is 0 Å². The van der Waals surface area contributed by atoms with Crippen LogP contribution in [0, 0.1) is 6.92 Å². The summed E-state index contributed by atoms with van der Waals surface area (Å²) in [5.41, 5.74) is 2.71. The minimum absolute atomic E-state index is 0.147. The summed E-state index contributed by atoms with van der Waals surface area (Å²) in [7, 11) is 2.04. The molecule has 11 heteroatoms. The Kier molecular flexibility index (Phi) is 7.28. The van der Waals surface area contributed by atoms with E-state index in [1.165, 1.54) is 0 Å². The number of hydrogen-bond acceptors (Lipinski definition) is 11. The highest BCUT2D eigenvalue weighted by Gasteiger charge is 2.55. The molecule has 11 nitrogen and oxygen atoms in total. The number of anilines is 1. The van der Waals surface area contributed by atoms with E-state index >= 15 is 0 Å². The second kappa shape index (κ2) is 11.1. The normalized spacial score (nSPS) is 26.1. The molecule has 1 fully saturated rings. The SMILES string of the molecule is Cc1ccc(-c2c3c(N4CCN(C)CC4)nc4c2C2(OC(=O)/C=C\C(=O)O3)OC(=O)/C=C\C(=O)OC2CCCC4)cc1. The van der Waals surface area contributed by atoms with Crippen LogP contribution in [0.25, 0.3) is 11.1 Å². The molecule has 1 saturated heterocycles. The quantitative estimate of drug-likeness (QED) is 0.493. The summed E-state index contributed by atoms with van der Waals surface area (Å²) in [5.74, 6) is -5.03. The summed E-state index contributed by atoms with van der Waals surface area (Å²) >= 11 is 0. The number of fused-ring (bicyclic) bond motifs is 1. The van der Waals surface area contributed by atoms with Crippen molar-refractivity contribution in [1.29, 1.82) is 0 Å². The largest absolute Gasteiger partial charge is 0.450 e. The molecule has 4 aliphatic rings. The number of pyridine rings is 1. The van der Waals surface area contributed by atoms with Crippen molar-refractivity contribution in [2.75, 3.05) is 38.1 Å². The van der Waals surface area contributed by atoms with Crippen molar-refractivity contribution >= 4 is 29.7 Å². The molecule has 2 bridgehead atoms. The highest BCUT2D eigenvalue weighted by Crippen LogP contribution is 2.51. The summed E-state index contributed by atoms with van der Waals surface area (Å²) in [6, 6.07) is 7.53. The molecule has 2 aromatic rings. The van der Waals surface area contributed by atoms with Gasteiger partial charge in [-0.25, -0.2) is 24.2 Å². The number of nitrogens with zero attached hydrogens (tertiary/aromatic N) is 3. The smallest absolute Gasteiger partial charge is 0.336 e. The van der Waals surface area contributed by atoms with Gasteiger partial charge in [0, 0.05) is 56.0 Å². The molecule has 0 saturated carbocycles. The molecule has 6 rings (SSSR count). The number of carbonyl (C=O) groups excluding carboxylic acids is 4. The van der Waals surface area contributed by atoms with E-state index in [0.717, 1.165) is 43.0 Å². The van der Waals surface area contributed by atoms with Crippen molar-refractivity contribution in [2.24, 2.45) is 0 Å². The van der Waals surface area contributed by atoms with E-state index in [-0.39, 0.29) is 17.7 Å². The number of esters is 4. The number of piperazine rings is 1. The van der Waals surface area contributed by atoms with Crippen molar-refractivity contribution < 1.29 is 38.1 Å². The molecule has 2 unspecified atom stereocenters. The first-order chi connectivity index (χ1) is 20.2. The average molecular weight is 574 g/mol. The van der Waals surface area contributed by atoms with Crippen molar-refractivity contribution in [1.82, 2.24) is 9.88 Å². The Morgan fingerprint density at radius 2 is 1.48 bits per heavy atom. The van der Waals surface area contributed by atoms with E-state index < -0.39 is 35.8 Å². The molecule has 0 radical (unpaired) electrons. The zero-order chi connectivity index (χ0) is 29.4. The number of rotatable bonds is 2. The molecule has 0 N–H and O–H groups in total. The Morgan fingerprint density at radius 1 is 0.833 bits per heavy atom. The Morgan fingerprint density at radius 3 is 2.17 bits per heavy atom. The van der Waals surface area contributed by atoms with Gasteiger partial charge in [0.1, 0.15) is 0 Å². The van der Waals surface area contributed by atoms with Gasteiger partial charge in [-0.15, -0.1) is 0 Å². The fourth-order valence-electron chi connectivity index (χ4n) is 5.80. The van der Waals surface area contributed by atoms with Crippen molar-refractivity contribution in [3.8, 4) is 16.9 Å². The number of hydrogen-bond donors (Lipinski definition) is 0. The lowest BCUT2D eigenvalue weighted by Gasteiger charge is -2.42. The fraction of sp³-hybridized carbons (Fsp3) is 0.387. The first kappa shape index (κ1) is 27.6. The van der Waals surface area contributed by atoms with Gasteiger partial charge in [0.05, 0.1) is 11.3 Å². The minimum Gasteiger partial charge on any atom is -0.450 e. The van der Waals surface area contributed by atoms with Crippen LogP contribution in [0.5, 0.6) is 5.75 Å². The average Bonchev–Trinajstić information content (AvgIpc) is 2.95. The van der Waals surface area contributed by atoms with Crippen LogP contribution in [0.3, 0.4) is 0 Å². The molecule has 218 valence electrons. The van der Waals surface area contributed by atoms with Crippen LogP contribution in [-0.2, 0) is 45.6 Å². The molecule has 0 amide bonds. The van der Waals surface area contributed by atoms with E-state index in [1.54, 1.807) is 0 Å². The minimum atomic E-state index is -2.21. The molecular formula is C31H31N3O8. The predicted octanol–water partition coefficient (Wildman–Crippen LogP) is 2.73. The fourth-order valence-corrected chi connectivity index (χ4v) is 5.80. The first-order valence-corrected chi connectivity index (χ1v) is 14.1. The summed E-state index contributed by atoms with van der Waals surface area (Å²) in [6.45, 7) is 4.76. The predicted molar refractivity (Wildman–Crippen MR) is 149 cm³/mol. The van der Waals surface area contributed by atoms with Gasteiger partial charge < -0.3 is 28.7 Å². The number of carbonyl (C=O) groups is 4. The van der Waals surface area contributed by atoms with Crippen LogP contribution >= 0.6 is 0 Å². The van der Waals surface area contributed by atoms with Crippen LogP contribution in [0.15, 0.2) is 48.6 Å². The lowest BCUT2D eigenvalue weighted by molar-refractivity contribution is -0.270. The summed E-state index contributed by atoms with van der Waals surface area (Å²) in [4.78, 5) is 61.5. The van der Waals surface area contributed by atoms with E-state index in [2.05, 4.69) is 9.80 Å². The van der Waals surface area contributed by atoms with E-state index in [9.17, 15) is 19.2 Å².